The van der Waals surface area contributed by atoms with Crippen molar-refractivity contribution in [2.45, 2.75) is 71.4 Å². The molecule has 0 bridgehead atoms. The Balaban J connectivity index is 1.63. The molecule has 2 aliphatic carbocycles. The summed E-state index contributed by atoms with van der Waals surface area (Å²) in [6, 6.07) is 3.24. The molecule has 3 rings (SSSR count). The van der Waals surface area contributed by atoms with Gasteiger partial charge >= 0.3 is 0 Å². The van der Waals surface area contributed by atoms with E-state index in [2.05, 4.69) is 36.7 Å². The van der Waals surface area contributed by atoms with Gasteiger partial charge in [-0.1, -0.05) is 19.8 Å². The molecule has 1 aromatic rings. The molecule has 1 amide bonds. The van der Waals surface area contributed by atoms with Gasteiger partial charge < -0.3 is 9.88 Å². The van der Waals surface area contributed by atoms with Crippen molar-refractivity contribution in [2.75, 3.05) is 0 Å². The maximum absolute atomic E-state index is 12.2. The Hall–Kier alpha value is -1.51. The Morgan fingerprint density at radius 3 is 2.64 bits per heavy atom. The van der Waals surface area contributed by atoms with Crippen molar-refractivity contribution in [1.29, 1.82) is 0 Å². The van der Waals surface area contributed by atoms with Crippen molar-refractivity contribution in [3.63, 3.8) is 0 Å². The minimum absolute atomic E-state index is 0.0509. The molecule has 22 heavy (non-hydrogen) atoms. The highest BCUT2D eigenvalue weighted by Gasteiger charge is 2.26. The Morgan fingerprint density at radius 2 is 1.95 bits per heavy atom. The number of carbonyl (C=O) groups is 1. The highest BCUT2D eigenvalue weighted by Crippen LogP contribution is 2.38. The van der Waals surface area contributed by atoms with Crippen molar-refractivity contribution < 1.29 is 4.79 Å². The minimum atomic E-state index is 0.0509. The van der Waals surface area contributed by atoms with Crippen LogP contribution >= 0.6 is 0 Å². The first-order valence-corrected chi connectivity index (χ1v) is 8.73. The van der Waals surface area contributed by atoms with Crippen LogP contribution in [0, 0.1) is 19.8 Å². The third kappa shape index (κ3) is 3.29. The molecule has 0 saturated heterocycles. The molecule has 2 fully saturated rings. The first kappa shape index (κ1) is 15.4. The van der Waals surface area contributed by atoms with Gasteiger partial charge in [-0.3, -0.25) is 4.79 Å². The van der Waals surface area contributed by atoms with E-state index in [-0.39, 0.29) is 5.91 Å². The monoisotopic (exact) mass is 300 g/mol. The van der Waals surface area contributed by atoms with Crippen LogP contribution in [0.4, 0.5) is 0 Å². The maximum Gasteiger partial charge on any atom is 0.244 e. The van der Waals surface area contributed by atoms with E-state index in [0.29, 0.717) is 18.0 Å². The van der Waals surface area contributed by atoms with E-state index in [4.69, 9.17) is 0 Å². The summed E-state index contributed by atoms with van der Waals surface area (Å²) in [6.07, 6.45) is 11.2. The normalized spacial score (nSPS) is 25.6. The number of hydrogen-bond donors (Lipinski definition) is 1. The van der Waals surface area contributed by atoms with E-state index in [1.54, 1.807) is 6.08 Å². The molecular weight excluding hydrogens is 272 g/mol. The molecule has 1 heterocycles. The number of rotatable bonds is 4. The lowest BCUT2D eigenvalue weighted by Crippen LogP contribution is -2.40. The molecule has 2 saturated carbocycles. The van der Waals surface area contributed by atoms with Crippen LogP contribution in [0.2, 0.25) is 0 Å². The van der Waals surface area contributed by atoms with Gasteiger partial charge in [0.15, 0.2) is 0 Å². The number of carbonyl (C=O) groups excluding carboxylic acids is 1. The SMILES string of the molecule is Cc1cc(/C=C/C(=O)N[C@@H]2CCCC[C@H]2C)c(C)n1C1CC1. The second kappa shape index (κ2) is 6.31. The first-order chi connectivity index (χ1) is 10.6. The highest BCUT2D eigenvalue weighted by atomic mass is 16.1. The molecule has 0 unspecified atom stereocenters. The number of aryl methyl sites for hydroxylation is 1. The second-order valence-corrected chi connectivity index (χ2v) is 7.14. The molecule has 2 aliphatic rings. The van der Waals surface area contributed by atoms with Crippen LogP contribution in [0.25, 0.3) is 6.08 Å². The van der Waals surface area contributed by atoms with Crippen molar-refractivity contribution in [1.82, 2.24) is 9.88 Å². The lowest BCUT2D eigenvalue weighted by Gasteiger charge is -2.29. The summed E-state index contributed by atoms with van der Waals surface area (Å²) in [4.78, 5) is 12.2. The van der Waals surface area contributed by atoms with Gasteiger partial charge in [-0.05, 0) is 63.2 Å². The average Bonchev–Trinajstić information content (AvgIpc) is 3.26. The topological polar surface area (TPSA) is 34.0 Å². The third-order valence-corrected chi connectivity index (χ3v) is 5.29. The predicted molar refractivity (Wildman–Crippen MR) is 90.8 cm³/mol. The zero-order valence-corrected chi connectivity index (χ0v) is 14.1. The largest absolute Gasteiger partial charge is 0.350 e. The standard InChI is InChI=1S/C19H28N2O/c1-13-6-4-5-7-18(13)20-19(22)11-8-16-12-14(2)21(15(16)3)17-9-10-17/h8,11-13,17-18H,4-7,9-10H2,1-3H3,(H,20,22)/b11-8+/t13-,18-/m1/s1. The number of nitrogens with one attached hydrogen (secondary N) is 1. The summed E-state index contributed by atoms with van der Waals surface area (Å²) in [5.41, 5.74) is 3.77. The second-order valence-electron chi connectivity index (χ2n) is 7.14. The fourth-order valence-electron chi connectivity index (χ4n) is 3.79. The Bertz CT molecular complexity index is 581. The highest BCUT2D eigenvalue weighted by molar-refractivity contribution is 5.92. The van der Waals surface area contributed by atoms with Crippen molar-refractivity contribution >= 4 is 12.0 Å². The van der Waals surface area contributed by atoms with Crippen LogP contribution in [0.3, 0.4) is 0 Å². The van der Waals surface area contributed by atoms with Crippen LogP contribution in [0.5, 0.6) is 0 Å². The summed E-state index contributed by atoms with van der Waals surface area (Å²) in [5, 5.41) is 3.18. The average molecular weight is 300 g/mol. The molecule has 1 N–H and O–H groups in total. The molecule has 1 aromatic heterocycles. The summed E-state index contributed by atoms with van der Waals surface area (Å²) >= 11 is 0. The smallest absolute Gasteiger partial charge is 0.244 e. The number of amides is 1. The van der Waals surface area contributed by atoms with Gasteiger partial charge in [-0.2, -0.15) is 0 Å². The zero-order valence-electron chi connectivity index (χ0n) is 14.1. The minimum Gasteiger partial charge on any atom is -0.350 e. The summed E-state index contributed by atoms with van der Waals surface area (Å²) in [7, 11) is 0. The quantitative estimate of drug-likeness (QED) is 0.833. The van der Waals surface area contributed by atoms with Crippen LogP contribution in [0.15, 0.2) is 12.1 Å². The third-order valence-electron chi connectivity index (χ3n) is 5.29. The van der Waals surface area contributed by atoms with Crippen LogP contribution in [-0.4, -0.2) is 16.5 Å². The van der Waals surface area contributed by atoms with Crippen molar-refractivity contribution in [3.8, 4) is 0 Å². The molecule has 3 nitrogen and oxygen atoms in total. The molecule has 0 aliphatic heterocycles. The predicted octanol–water partition coefficient (Wildman–Crippen LogP) is 4.15. The molecular formula is C19H28N2O. The first-order valence-electron chi connectivity index (χ1n) is 8.73. The van der Waals surface area contributed by atoms with Gasteiger partial charge in [-0.25, -0.2) is 0 Å². The maximum atomic E-state index is 12.2. The Morgan fingerprint density at radius 1 is 1.23 bits per heavy atom. The van der Waals surface area contributed by atoms with Gasteiger partial charge in [0.1, 0.15) is 0 Å². The van der Waals surface area contributed by atoms with E-state index >= 15 is 0 Å². The summed E-state index contributed by atoms with van der Waals surface area (Å²) in [6.45, 7) is 6.57. The summed E-state index contributed by atoms with van der Waals surface area (Å²) < 4.78 is 2.42. The number of hydrogen-bond acceptors (Lipinski definition) is 1. The van der Waals surface area contributed by atoms with E-state index in [1.165, 1.54) is 49.1 Å². The lowest BCUT2D eigenvalue weighted by molar-refractivity contribution is -0.117. The van der Waals surface area contributed by atoms with Gasteiger partial charge in [0, 0.05) is 29.5 Å². The fourth-order valence-corrected chi connectivity index (χ4v) is 3.79. The molecule has 120 valence electrons. The molecule has 0 spiro atoms. The zero-order chi connectivity index (χ0) is 15.7. The molecule has 2 atom stereocenters. The fraction of sp³-hybridized carbons (Fsp3) is 0.632. The van der Waals surface area contributed by atoms with Crippen LogP contribution in [-0.2, 0) is 4.79 Å². The molecule has 3 heteroatoms. The molecule has 0 aromatic carbocycles. The summed E-state index contributed by atoms with van der Waals surface area (Å²) in [5.74, 6) is 0.654. The Labute approximate surface area is 133 Å². The van der Waals surface area contributed by atoms with E-state index < -0.39 is 0 Å². The van der Waals surface area contributed by atoms with Gasteiger partial charge in [-0.15, -0.1) is 0 Å². The molecule has 0 radical (unpaired) electrons. The van der Waals surface area contributed by atoms with Gasteiger partial charge in [0.05, 0.1) is 0 Å². The van der Waals surface area contributed by atoms with E-state index in [1.807, 2.05) is 6.08 Å². The van der Waals surface area contributed by atoms with Crippen molar-refractivity contribution in [3.05, 3.63) is 29.1 Å². The lowest BCUT2D eigenvalue weighted by atomic mass is 9.86. The van der Waals surface area contributed by atoms with Gasteiger partial charge in [0.2, 0.25) is 5.91 Å². The van der Waals surface area contributed by atoms with Crippen LogP contribution in [0.1, 0.15) is 68.4 Å². The number of nitrogens with zero attached hydrogens (tertiary/aromatic N) is 1. The van der Waals surface area contributed by atoms with Gasteiger partial charge in [0.25, 0.3) is 0 Å². The van der Waals surface area contributed by atoms with Crippen molar-refractivity contribution in [2.24, 2.45) is 5.92 Å². The van der Waals surface area contributed by atoms with E-state index in [0.717, 1.165) is 6.42 Å². The number of aromatic nitrogens is 1. The van der Waals surface area contributed by atoms with Crippen LogP contribution < -0.4 is 5.32 Å². The Kier molecular flexibility index (Phi) is 4.42. The van der Waals surface area contributed by atoms with E-state index in [9.17, 15) is 4.79 Å².